The average Bonchev–Trinajstić information content (AvgIpc) is 2.60. The maximum atomic E-state index is 10.8. The molecule has 1 heterocycles. The van der Waals surface area contributed by atoms with Gasteiger partial charge < -0.3 is 9.67 Å². The van der Waals surface area contributed by atoms with Crippen LogP contribution >= 0.6 is 12.4 Å². The molecule has 0 aliphatic heterocycles. The van der Waals surface area contributed by atoms with Crippen molar-refractivity contribution < 1.29 is 9.90 Å². The van der Waals surface area contributed by atoms with Crippen LogP contribution in [0, 0.1) is 0 Å². The smallest absolute Gasteiger partial charge is 0.326 e. The number of nitrogens with zero attached hydrogens (tertiary/aromatic N) is 2. The lowest BCUT2D eigenvalue weighted by Gasteiger charge is -2.16. The molecule has 0 spiro atoms. The molecule has 15 heavy (non-hydrogen) atoms. The van der Waals surface area contributed by atoms with Gasteiger partial charge in [-0.15, -0.1) is 12.4 Å². The molecule has 4 nitrogen and oxygen atoms in total. The van der Waals surface area contributed by atoms with Crippen LogP contribution in [0.4, 0.5) is 0 Å². The molecule has 0 fully saturated rings. The van der Waals surface area contributed by atoms with Gasteiger partial charge >= 0.3 is 5.97 Å². The Morgan fingerprint density at radius 1 is 1.53 bits per heavy atom. The first-order valence-corrected chi connectivity index (χ1v) is 4.97. The van der Waals surface area contributed by atoms with Gasteiger partial charge in [0, 0.05) is 5.69 Å². The van der Waals surface area contributed by atoms with E-state index in [0.717, 1.165) is 30.7 Å². The minimum absolute atomic E-state index is 0. The van der Waals surface area contributed by atoms with Crippen LogP contribution < -0.4 is 0 Å². The first-order valence-electron chi connectivity index (χ1n) is 4.97. The zero-order valence-corrected chi connectivity index (χ0v) is 9.46. The Bertz CT molecular complexity index is 362. The Morgan fingerprint density at radius 3 is 2.87 bits per heavy atom. The second kappa shape index (κ2) is 4.66. The van der Waals surface area contributed by atoms with Gasteiger partial charge in [-0.05, 0) is 32.6 Å². The van der Waals surface area contributed by atoms with Gasteiger partial charge in [0.25, 0.3) is 0 Å². The van der Waals surface area contributed by atoms with Crippen LogP contribution in [0.25, 0.3) is 0 Å². The van der Waals surface area contributed by atoms with Crippen LogP contribution in [0.15, 0.2) is 6.33 Å². The summed E-state index contributed by atoms with van der Waals surface area (Å²) >= 11 is 0. The second-order valence-electron chi connectivity index (χ2n) is 3.77. The maximum absolute atomic E-state index is 10.8. The number of halogens is 1. The van der Waals surface area contributed by atoms with E-state index in [1.807, 2.05) is 0 Å². The second-order valence-corrected chi connectivity index (χ2v) is 3.77. The number of carboxylic acids is 1. The van der Waals surface area contributed by atoms with Crippen molar-refractivity contribution in [3.63, 3.8) is 0 Å². The van der Waals surface area contributed by atoms with Gasteiger partial charge in [0.15, 0.2) is 0 Å². The fourth-order valence-electron chi connectivity index (χ4n) is 1.94. The third kappa shape index (κ3) is 2.15. The van der Waals surface area contributed by atoms with Crippen molar-refractivity contribution in [2.24, 2.45) is 0 Å². The lowest BCUT2D eigenvalue weighted by molar-refractivity contribution is -0.140. The third-order valence-electron chi connectivity index (χ3n) is 2.83. The van der Waals surface area contributed by atoms with Crippen LogP contribution in [0.3, 0.4) is 0 Å². The number of aliphatic carboxylic acids is 1. The van der Waals surface area contributed by atoms with E-state index in [4.69, 9.17) is 5.11 Å². The number of fused-ring (bicyclic) bond motifs is 1. The highest BCUT2D eigenvalue weighted by atomic mass is 35.5. The predicted octanol–water partition coefficient (Wildman–Crippen LogP) is 1.83. The minimum atomic E-state index is -0.796. The summed E-state index contributed by atoms with van der Waals surface area (Å²) in [6, 6.07) is -0.496. The summed E-state index contributed by atoms with van der Waals surface area (Å²) in [6.45, 7) is 1.69. The quantitative estimate of drug-likeness (QED) is 0.844. The highest BCUT2D eigenvalue weighted by Gasteiger charge is 2.21. The van der Waals surface area contributed by atoms with Crippen molar-refractivity contribution in [2.75, 3.05) is 0 Å². The minimum Gasteiger partial charge on any atom is -0.480 e. The molecule has 1 aromatic heterocycles. The molecule has 0 radical (unpaired) electrons. The molecule has 1 atom stereocenters. The van der Waals surface area contributed by atoms with Gasteiger partial charge in [0.2, 0.25) is 0 Å². The molecule has 2 rings (SSSR count). The Kier molecular flexibility index (Phi) is 3.74. The van der Waals surface area contributed by atoms with Gasteiger partial charge in [-0.2, -0.15) is 0 Å². The fraction of sp³-hybridized carbons (Fsp3) is 0.600. The zero-order chi connectivity index (χ0) is 10.1. The average molecular weight is 231 g/mol. The highest BCUT2D eigenvalue weighted by Crippen LogP contribution is 2.22. The SMILES string of the molecule is CC(C(=O)O)n1cnc2c1CCCC2.Cl. The molecule has 0 aromatic carbocycles. The van der Waals surface area contributed by atoms with E-state index in [1.165, 1.54) is 6.42 Å². The van der Waals surface area contributed by atoms with E-state index >= 15 is 0 Å². The Hall–Kier alpha value is -1.03. The predicted molar refractivity (Wildman–Crippen MR) is 58.5 cm³/mol. The summed E-state index contributed by atoms with van der Waals surface area (Å²) in [4.78, 5) is 15.1. The van der Waals surface area contributed by atoms with E-state index in [1.54, 1.807) is 17.8 Å². The Labute approximate surface area is 94.7 Å². The highest BCUT2D eigenvalue weighted by molar-refractivity contribution is 5.85. The van der Waals surface area contributed by atoms with Crippen molar-refractivity contribution in [1.82, 2.24) is 9.55 Å². The van der Waals surface area contributed by atoms with E-state index in [9.17, 15) is 4.79 Å². The molecule has 0 amide bonds. The van der Waals surface area contributed by atoms with E-state index < -0.39 is 12.0 Å². The van der Waals surface area contributed by atoms with Crippen molar-refractivity contribution in [1.29, 1.82) is 0 Å². The molecule has 0 saturated carbocycles. The largest absolute Gasteiger partial charge is 0.480 e. The lowest BCUT2D eigenvalue weighted by atomic mass is 10.0. The molecule has 84 valence electrons. The summed E-state index contributed by atoms with van der Waals surface area (Å²) < 4.78 is 1.79. The molecule has 0 saturated heterocycles. The standard InChI is InChI=1S/C10H14N2O2.ClH/c1-7(10(13)14)12-6-11-8-4-2-3-5-9(8)12;/h6-7H,2-5H2,1H3,(H,13,14);1H. The number of aryl methyl sites for hydroxylation is 1. The fourth-order valence-corrected chi connectivity index (χ4v) is 1.94. The van der Waals surface area contributed by atoms with E-state index in [2.05, 4.69) is 4.98 Å². The molecule has 1 aliphatic carbocycles. The first kappa shape index (κ1) is 12.0. The van der Waals surface area contributed by atoms with Crippen molar-refractivity contribution in [3.8, 4) is 0 Å². The summed E-state index contributed by atoms with van der Waals surface area (Å²) in [5.74, 6) is -0.796. The molecule has 1 aliphatic rings. The van der Waals surface area contributed by atoms with Gasteiger partial charge in [-0.25, -0.2) is 9.78 Å². The van der Waals surface area contributed by atoms with Crippen LogP contribution in [0.2, 0.25) is 0 Å². The number of carbonyl (C=O) groups is 1. The summed E-state index contributed by atoms with van der Waals surface area (Å²) in [5.41, 5.74) is 2.20. The van der Waals surface area contributed by atoms with Gasteiger partial charge in [0.1, 0.15) is 6.04 Å². The molecular weight excluding hydrogens is 216 g/mol. The number of hydrogen-bond donors (Lipinski definition) is 1. The molecule has 1 unspecified atom stereocenters. The van der Waals surface area contributed by atoms with Crippen LogP contribution in [0.5, 0.6) is 0 Å². The molecular formula is C10H15ClN2O2. The van der Waals surface area contributed by atoms with Crippen molar-refractivity contribution in [3.05, 3.63) is 17.7 Å². The first-order chi connectivity index (χ1) is 6.70. The van der Waals surface area contributed by atoms with Crippen molar-refractivity contribution >= 4 is 18.4 Å². The van der Waals surface area contributed by atoms with Gasteiger partial charge in [-0.1, -0.05) is 0 Å². The summed E-state index contributed by atoms with van der Waals surface area (Å²) in [5, 5.41) is 8.91. The third-order valence-corrected chi connectivity index (χ3v) is 2.83. The van der Waals surface area contributed by atoms with E-state index in [-0.39, 0.29) is 12.4 Å². The molecule has 1 aromatic rings. The number of rotatable bonds is 2. The number of aromatic nitrogens is 2. The van der Waals surface area contributed by atoms with Crippen LogP contribution in [-0.4, -0.2) is 20.6 Å². The van der Waals surface area contributed by atoms with Crippen LogP contribution in [-0.2, 0) is 17.6 Å². The monoisotopic (exact) mass is 230 g/mol. The zero-order valence-electron chi connectivity index (χ0n) is 8.64. The van der Waals surface area contributed by atoms with Gasteiger partial charge in [0.05, 0.1) is 12.0 Å². The van der Waals surface area contributed by atoms with Crippen LogP contribution in [0.1, 0.15) is 37.2 Å². The summed E-state index contributed by atoms with van der Waals surface area (Å²) in [7, 11) is 0. The Morgan fingerprint density at radius 2 is 2.20 bits per heavy atom. The molecule has 5 heteroatoms. The molecule has 0 bridgehead atoms. The topological polar surface area (TPSA) is 55.1 Å². The molecule has 1 N–H and O–H groups in total. The maximum Gasteiger partial charge on any atom is 0.326 e. The summed E-state index contributed by atoms with van der Waals surface area (Å²) in [6.07, 6.45) is 5.94. The Balaban J connectivity index is 0.00000112. The van der Waals surface area contributed by atoms with Crippen molar-refractivity contribution in [2.45, 2.75) is 38.6 Å². The normalized spacial score (nSPS) is 16.3. The lowest BCUT2D eigenvalue weighted by Crippen LogP contribution is -2.18. The van der Waals surface area contributed by atoms with E-state index in [0.29, 0.717) is 0 Å². The van der Waals surface area contributed by atoms with Gasteiger partial charge in [-0.3, -0.25) is 0 Å². The number of imidazole rings is 1. The number of hydrogen-bond acceptors (Lipinski definition) is 2. The number of carboxylic acid groups (broad SMARTS) is 1.